The molecule has 10 aromatic carbocycles. The summed E-state index contributed by atoms with van der Waals surface area (Å²) in [5.41, 5.74) is 29.5. The molecule has 0 aromatic heterocycles. The highest BCUT2D eigenvalue weighted by atomic mass is 14.3. The van der Waals surface area contributed by atoms with E-state index in [9.17, 15) is 0 Å². The largest absolute Gasteiger partial charge is 0.0622 e. The number of rotatable bonds is 4. The highest BCUT2D eigenvalue weighted by Gasteiger charge is 2.30. The van der Waals surface area contributed by atoms with Crippen molar-refractivity contribution in [3.63, 3.8) is 0 Å². The van der Waals surface area contributed by atoms with Crippen LogP contribution in [0.2, 0.25) is 0 Å². The fourth-order valence-electron chi connectivity index (χ4n) is 11.4. The third-order valence-electron chi connectivity index (χ3n) is 15.5. The van der Waals surface area contributed by atoms with Crippen molar-refractivity contribution in [2.24, 2.45) is 0 Å². The van der Waals surface area contributed by atoms with E-state index in [0.29, 0.717) is 0 Å². The molecule has 0 saturated carbocycles. The van der Waals surface area contributed by atoms with Gasteiger partial charge in [0.15, 0.2) is 0 Å². The molecule has 0 amide bonds. The summed E-state index contributed by atoms with van der Waals surface area (Å²) in [5.74, 6) is 0. The van der Waals surface area contributed by atoms with E-state index in [2.05, 4.69) is 203 Å². The van der Waals surface area contributed by atoms with E-state index in [1.807, 2.05) is 0 Å². The Balaban J connectivity index is 1.37. The maximum atomic E-state index is 2.60. The lowest BCUT2D eigenvalue weighted by molar-refractivity contribution is 1.18. The number of hydrogen-bond acceptors (Lipinski definition) is 0. The SMILES string of the molecule is Cc1c(C)c(C)c(-c2c3ccccc3c(-c3c(C)c(C)c(C)c(C)c3C)c3cc4c(cc23)-c2cc(-c3ccccc3)cc3c2c-4cc2c(-c4ccccc4)cccc23)c(C)c1C. The first kappa shape index (κ1) is 38.2. The van der Waals surface area contributed by atoms with E-state index < -0.39 is 0 Å². The first-order valence-electron chi connectivity index (χ1n) is 22.3. The van der Waals surface area contributed by atoms with E-state index in [0.717, 1.165) is 0 Å². The molecule has 0 saturated heterocycles. The smallest absolute Gasteiger partial charge is 0.00195 e. The molecule has 0 atom stereocenters. The summed E-state index contributed by atoms with van der Waals surface area (Å²) in [6.45, 7) is 23.3. The summed E-state index contributed by atoms with van der Waals surface area (Å²) < 4.78 is 0. The van der Waals surface area contributed by atoms with Gasteiger partial charge in [0.1, 0.15) is 0 Å². The van der Waals surface area contributed by atoms with Crippen LogP contribution in [0.3, 0.4) is 0 Å². The molecular weight excluding hydrogens is 745 g/mol. The molecule has 300 valence electrons. The van der Waals surface area contributed by atoms with E-state index >= 15 is 0 Å². The van der Waals surface area contributed by atoms with Crippen molar-refractivity contribution in [3.8, 4) is 66.8 Å². The van der Waals surface area contributed by atoms with E-state index in [4.69, 9.17) is 0 Å². The molecule has 11 rings (SSSR count). The lowest BCUT2D eigenvalue weighted by atomic mass is 9.77. The van der Waals surface area contributed by atoms with E-state index in [-0.39, 0.29) is 0 Å². The second-order valence-electron chi connectivity index (χ2n) is 18.2. The van der Waals surface area contributed by atoms with Crippen LogP contribution >= 0.6 is 0 Å². The minimum atomic E-state index is 1.24. The number of fused-ring (bicyclic) bond motifs is 7. The Morgan fingerprint density at radius 3 is 1.11 bits per heavy atom. The second kappa shape index (κ2) is 13.9. The van der Waals surface area contributed by atoms with Crippen LogP contribution < -0.4 is 0 Å². The minimum Gasteiger partial charge on any atom is -0.0622 e. The number of benzene rings is 10. The van der Waals surface area contributed by atoms with Crippen molar-refractivity contribution in [2.45, 2.75) is 69.2 Å². The second-order valence-corrected chi connectivity index (χ2v) is 18.2. The van der Waals surface area contributed by atoms with Crippen molar-refractivity contribution in [1.82, 2.24) is 0 Å². The topological polar surface area (TPSA) is 0 Å². The highest BCUT2D eigenvalue weighted by Crippen LogP contribution is 2.56. The van der Waals surface area contributed by atoms with Gasteiger partial charge in [-0.15, -0.1) is 0 Å². The zero-order valence-electron chi connectivity index (χ0n) is 37.7. The van der Waals surface area contributed by atoms with Gasteiger partial charge in [-0.25, -0.2) is 0 Å². The van der Waals surface area contributed by atoms with Gasteiger partial charge in [-0.2, -0.15) is 0 Å². The van der Waals surface area contributed by atoms with Gasteiger partial charge in [-0.1, -0.05) is 103 Å². The first-order valence-corrected chi connectivity index (χ1v) is 22.3. The maximum Gasteiger partial charge on any atom is -0.00195 e. The Morgan fingerprint density at radius 2 is 0.613 bits per heavy atom. The zero-order chi connectivity index (χ0) is 42.9. The third-order valence-corrected chi connectivity index (χ3v) is 15.5. The molecule has 0 unspecified atom stereocenters. The van der Waals surface area contributed by atoms with Gasteiger partial charge in [-0.3, -0.25) is 0 Å². The maximum absolute atomic E-state index is 2.60. The van der Waals surface area contributed by atoms with Gasteiger partial charge in [0.25, 0.3) is 0 Å². The monoisotopic (exact) mass is 796 g/mol. The fraction of sp³-hybridized carbons (Fsp3) is 0.161. The lowest BCUT2D eigenvalue weighted by Gasteiger charge is -2.26. The van der Waals surface area contributed by atoms with Crippen LogP contribution in [0.25, 0.3) is 110 Å². The molecule has 0 spiro atoms. The summed E-state index contributed by atoms with van der Waals surface area (Å²) in [7, 11) is 0. The van der Waals surface area contributed by atoms with Crippen LogP contribution in [0, 0.1) is 69.2 Å². The molecule has 0 heterocycles. The predicted molar refractivity (Wildman–Crippen MR) is 270 cm³/mol. The summed E-state index contributed by atoms with van der Waals surface area (Å²) >= 11 is 0. The Morgan fingerprint density at radius 1 is 0.210 bits per heavy atom. The Labute approximate surface area is 366 Å². The summed E-state index contributed by atoms with van der Waals surface area (Å²) in [6, 6.07) is 50.7. The summed E-state index contributed by atoms with van der Waals surface area (Å²) in [5, 5.41) is 10.5. The third kappa shape index (κ3) is 5.26. The summed E-state index contributed by atoms with van der Waals surface area (Å²) in [4.78, 5) is 0. The molecule has 0 heteroatoms. The van der Waals surface area contributed by atoms with Crippen LogP contribution in [0.4, 0.5) is 0 Å². The van der Waals surface area contributed by atoms with Crippen LogP contribution in [0.15, 0.2) is 133 Å². The molecule has 0 N–H and O–H groups in total. The van der Waals surface area contributed by atoms with Crippen LogP contribution in [0.5, 0.6) is 0 Å². The van der Waals surface area contributed by atoms with E-state index in [1.165, 1.54) is 165 Å². The van der Waals surface area contributed by atoms with E-state index in [1.54, 1.807) is 0 Å². The first-order chi connectivity index (χ1) is 30.0. The van der Waals surface area contributed by atoms with Gasteiger partial charge in [0.2, 0.25) is 0 Å². The average Bonchev–Trinajstić information content (AvgIpc) is 3.61. The summed E-state index contributed by atoms with van der Waals surface area (Å²) in [6.07, 6.45) is 0. The molecule has 0 fully saturated rings. The Hall–Kier alpha value is -6.76. The van der Waals surface area contributed by atoms with Crippen molar-refractivity contribution in [2.75, 3.05) is 0 Å². The zero-order valence-corrected chi connectivity index (χ0v) is 37.7. The minimum absolute atomic E-state index is 1.24. The van der Waals surface area contributed by atoms with Crippen molar-refractivity contribution in [3.05, 3.63) is 189 Å². The molecule has 0 aliphatic heterocycles. The quantitative estimate of drug-likeness (QED) is 0.123. The van der Waals surface area contributed by atoms with Crippen LogP contribution in [-0.2, 0) is 0 Å². The molecular formula is C62H52. The standard InChI is InChI=1S/C62H52/c1-33-35(3)39(7)58(40(8)36(33)4)61-48-24-17-18-25-49(48)62(59-41(9)37(5)34(2)38(6)42(59)10)57-32-52-51(31-56(57)61)54-29-45(43-20-13-11-14-21-43)28-53-47-27-19-26-46(44-22-15-12-16-23-44)50(47)30-55(52)60(53)54/h11-32H,1-10H3. The molecule has 1 aliphatic rings. The molecule has 1 aliphatic carbocycles. The molecule has 0 radical (unpaired) electrons. The van der Waals surface area contributed by atoms with Crippen LogP contribution in [-0.4, -0.2) is 0 Å². The molecule has 62 heavy (non-hydrogen) atoms. The Bertz CT molecular complexity index is 3520. The predicted octanol–water partition coefficient (Wildman–Crippen LogP) is 17.7. The fourth-order valence-corrected chi connectivity index (χ4v) is 11.4. The van der Waals surface area contributed by atoms with Gasteiger partial charge >= 0.3 is 0 Å². The molecule has 10 aromatic rings. The average molecular weight is 797 g/mol. The molecule has 0 nitrogen and oxygen atoms in total. The Kier molecular flexibility index (Phi) is 8.55. The van der Waals surface area contributed by atoms with Gasteiger partial charge in [0, 0.05) is 0 Å². The van der Waals surface area contributed by atoms with Gasteiger partial charge in [0.05, 0.1) is 0 Å². The lowest BCUT2D eigenvalue weighted by Crippen LogP contribution is -2.03. The van der Waals surface area contributed by atoms with Gasteiger partial charge in [-0.05, 0) is 265 Å². The van der Waals surface area contributed by atoms with Gasteiger partial charge < -0.3 is 0 Å². The number of hydrogen-bond donors (Lipinski definition) is 0. The highest BCUT2D eigenvalue weighted by molar-refractivity contribution is 6.30. The van der Waals surface area contributed by atoms with Crippen molar-refractivity contribution >= 4 is 43.1 Å². The molecule has 0 bridgehead atoms. The van der Waals surface area contributed by atoms with Crippen LogP contribution in [0.1, 0.15) is 55.6 Å². The van der Waals surface area contributed by atoms with Crippen molar-refractivity contribution in [1.29, 1.82) is 0 Å². The normalized spacial score (nSPS) is 12.0. The van der Waals surface area contributed by atoms with Crippen molar-refractivity contribution < 1.29 is 0 Å².